The summed E-state index contributed by atoms with van der Waals surface area (Å²) in [5.74, 6) is 0. The smallest absolute Gasteiger partial charge is 0.123 e. The first-order valence-corrected chi connectivity index (χ1v) is 3.95. The molecule has 0 amide bonds. The van der Waals surface area contributed by atoms with Gasteiger partial charge in [-0.15, -0.1) is 10.2 Å². The molecule has 0 atom stereocenters. The first-order chi connectivity index (χ1) is 6.40. The molecule has 2 rings (SSSR count). The summed E-state index contributed by atoms with van der Waals surface area (Å²) >= 11 is 0. The van der Waals surface area contributed by atoms with Crippen LogP contribution < -0.4 is 0 Å². The average molecular weight is 175 g/mol. The van der Waals surface area contributed by atoms with Crippen LogP contribution in [0.4, 0.5) is 0 Å². The zero-order chi connectivity index (χ0) is 9.10. The quantitative estimate of drug-likeness (QED) is 0.733. The van der Waals surface area contributed by atoms with Gasteiger partial charge in [0.25, 0.3) is 0 Å². The molecule has 0 fully saturated rings. The van der Waals surface area contributed by atoms with Crippen LogP contribution in [0, 0.1) is 0 Å². The van der Waals surface area contributed by atoms with Gasteiger partial charge in [-0.25, -0.2) is 0 Å². The fourth-order valence-electron chi connectivity index (χ4n) is 1.15. The molecular formula is C9H9N3O. The lowest BCUT2D eigenvalue weighted by molar-refractivity contribution is 0.282. The number of hydrogen-bond donors (Lipinski definition) is 1. The topological polar surface area (TPSA) is 50.9 Å². The molecule has 1 aromatic heterocycles. The number of hydrogen-bond acceptors (Lipinski definition) is 3. The normalized spacial score (nSPS) is 10.2. The molecule has 0 unspecified atom stereocenters. The molecule has 13 heavy (non-hydrogen) atoms. The van der Waals surface area contributed by atoms with Crippen LogP contribution in [0.25, 0.3) is 5.69 Å². The Labute approximate surface area is 75.5 Å². The van der Waals surface area contributed by atoms with E-state index in [2.05, 4.69) is 10.2 Å². The van der Waals surface area contributed by atoms with Crippen molar-refractivity contribution in [2.45, 2.75) is 6.61 Å². The maximum Gasteiger partial charge on any atom is 0.123 e. The van der Waals surface area contributed by atoms with E-state index in [4.69, 9.17) is 5.11 Å². The van der Waals surface area contributed by atoms with E-state index in [1.165, 1.54) is 0 Å². The van der Waals surface area contributed by atoms with Crippen LogP contribution in [0.5, 0.6) is 0 Å². The molecule has 0 saturated heterocycles. The van der Waals surface area contributed by atoms with Gasteiger partial charge in [-0.3, -0.25) is 4.57 Å². The van der Waals surface area contributed by atoms with E-state index >= 15 is 0 Å². The van der Waals surface area contributed by atoms with Crippen LogP contribution in [0.15, 0.2) is 36.9 Å². The lowest BCUT2D eigenvalue weighted by Gasteiger charge is -2.02. The van der Waals surface area contributed by atoms with Crippen molar-refractivity contribution >= 4 is 0 Å². The summed E-state index contributed by atoms with van der Waals surface area (Å²) in [6.07, 6.45) is 3.24. The van der Waals surface area contributed by atoms with Crippen molar-refractivity contribution in [3.05, 3.63) is 42.5 Å². The monoisotopic (exact) mass is 175 g/mol. The Hall–Kier alpha value is -1.68. The van der Waals surface area contributed by atoms with Gasteiger partial charge in [-0.05, 0) is 17.7 Å². The second kappa shape index (κ2) is 3.37. The summed E-state index contributed by atoms with van der Waals surface area (Å²) < 4.78 is 1.79. The number of nitrogens with zero attached hydrogens (tertiary/aromatic N) is 3. The molecule has 4 heteroatoms. The van der Waals surface area contributed by atoms with Gasteiger partial charge in [-0.2, -0.15) is 0 Å². The Bertz CT molecular complexity index is 384. The molecule has 0 radical (unpaired) electrons. The fraction of sp³-hybridized carbons (Fsp3) is 0.111. The number of aliphatic hydroxyl groups is 1. The minimum atomic E-state index is 0.0516. The van der Waals surface area contributed by atoms with E-state index in [-0.39, 0.29) is 6.61 Å². The van der Waals surface area contributed by atoms with Gasteiger partial charge in [0.05, 0.1) is 6.61 Å². The number of aliphatic hydroxyl groups excluding tert-OH is 1. The molecule has 0 saturated carbocycles. The Morgan fingerprint density at radius 3 is 2.69 bits per heavy atom. The fourth-order valence-corrected chi connectivity index (χ4v) is 1.15. The van der Waals surface area contributed by atoms with Gasteiger partial charge in [0, 0.05) is 5.69 Å². The van der Waals surface area contributed by atoms with Crippen molar-refractivity contribution in [1.29, 1.82) is 0 Å². The molecule has 0 aliphatic carbocycles. The summed E-state index contributed by atoms with van der Waals surface area (Å²) in [5, 5.41) is 16.3. The van der Waals surface area contributed by atoms with Crippen molar-refractivity contribution in [3.8, 4) is 5.69 Å². The van der Waals surface area contributed by atoms with Crippen molar-refractivity contribution in [1.82, 2.24) is 14.8 Å². The first-order valence-electron chi connectivity index (χ1n) is 3.95. The molecule has 1 N–H and O–H groups in total. The van der Waals surface area contributed by atoms with Gasteiger partial charge in [0.15, 0.2) is 0 Å². The molecule has 0 bridgehead atoms. The average Bonchev–Trinajstić information content (AvgIpc) is 2.71. The molecule has 2 aromatic rings. The summed E-state index contributed by atoms with van der Waals surface area (Å²) in [6, 6.07) is 7.58. The molecule has 0 aliphatic heterocycles. The minimum Gasteiger partial charge on any atom is -0.392 e. The Morgan fingerprint density at radius 2 is 2.00 bits per heavy atom. The summed E-state index contributed by atoms with van der Waals surface area (Å²) in [4.78, 5) is 0. The number of rotatable bonds is 2. The first kappa shape index (κ1) is 7.94. The predicted molar refractivity (Wildman–Crippen MR) is 47.3 cm³/mol. The molecule has 66 valence electrons. The van der Waals surface area contributed by atoms with Gasteiger partial charge in [-0.1, -0.05) is 12.1 Å². The molecular weight excluding hydrogens is 166 g/mol. The van der Waals surface area contributed by atoms with Crippen molar-refractivity contribution in [2.24, 2.45) is 0 Å². The van der Waals surface area contributed by atoms with Crippen LogP contribution in [-0.4, -0.2) is 19.9 Å². The van der Waals surface area contributed by atoms with E-state index < -0.39 is 0 Å². The second-order valence-electron chi connectivity index (χ2n) is 2.70. The SMILES string of the molecule is OCc1cccc(-n2cnnc2)c1. The second-order valence-corrected chi connectivity index (χ2v) is 2.70. The highest BCUT2D eigenvalue weighted by Gasteiger charge is 1.96. The molecule has 0 aliphatic rings. The Kier molecular flexibility index (Phi) is 2.06. The third-order valence-corrected chi connectivity index (χ3v) is 1.81. The standard InChI is InChI=1S/C9H9N3O/c13-5-8-2-1-3-9(4-8)12-6-10-11-7-12/h1-4,6-7,13H,5H2. The van der Waals surface area contributed by atoms with E-state index in [1.807, 2.05) is 24.3 Å². The summed E-state index contributed by atoms with van der Waals surface area (Å²) in [6.45, 7) is 0.0516. The molecule has 1 heterocycles. The van der Waals surface area contributed by atoms with Gasteiger partial charge in [0.1, 0.15) is 12.7 Å². The lowest BCUT2D eigenvalue weighted by Crippen LogP contribution is -1.91. The lowest BCUT2D eigenvalue weighted by atomic mass is 10.2. The van der Waals surface area contributed by atoms with Gasteiger partial charge < -0.3 is 5.11 Å². The predicted octanol–water partition coefficient (Wildman–Crippen LogP) is 0.760. The number of benzene rings is 1. The third-order valence-electron chi connectivity index (χ3n) is 1.81. The zero-order valence-corrected chi connectivity index (χ0v) is 6.96. The third kappa shape index (κ3) is 1.57. The highest BCUT2D eigenvalue weighted by molar-refractivity contribution is 5.34. The van der Waals surface area contributed by atoms with Crippen molar-refractivity contribution in [3.63, 3.8) is 0 Å². The maximum atomic E-state index is 8.92. The van der Waals surface area contributed by atoms with E-state index in [1.54, 1.807) is 17.2 Å². The van der Waals surface area contributed by atoms with Crippen LogP contribution in [0.2, 0.25) is 0 Å². The highest BCUT2D eigenvalue weighted by atomic mass is 16.3. The Morgan fingerprint density at radius 1 is 1.23 bits per heavy atom. The minimum absolute atomic E-state index is 0.0516. The maximum absolute atomic E-state index is 8.92. The van der Waals surface area contributed by atoms with Crippen LogP contribution in [0.3, 0.4) is 0 Å². The van der Waals surface area contributed by atoms with Gasteiger partial charge in [0.2, 0.25) is 0 Å². The van der Waals surface area contributed by atoms with Gasteiger partial charge >= 0.3 is 0 Å². The molecule has 4 nitrogen and oxygen atoms in total. The molecule has 1 aromatic carbocycles. The zero-order valence-electron chi connectivity index (χ0n) is 6.96. The van der Waals surface area contributed by atoms with E-state index in [0.717, 1.165) is 11.3 Å². The largest absolute Gasteiger partial charge is 0.392 e. The molecule has 0 spiro atoms. The van der Waals surface area contributed by atoms with E-state index in [9.17, 15) is 0 Å². The van der Waals surface area contributed by atoms with Crippen molar-refractivity contribution < 1.29 is 5.11 Å². The highest BCUT2D eigenvalue weighted by Crippen LogP contribution is 2.09. The van der Waals surface area contributed by atoms with Crippen LogP contribution >= 0.6 is 0 Å². The number of aromatic nitrogens is 3. The summed E-state index contributed by atoms with van der Waals surface area (Å²) in [5.41, 5.74) is 1.84. The van der Waals surface area contributed by atoms with Crippen molar-refractivity contribution in [2.75, 3.05) is 0 Å². The summed E-state index contributed by atoms with van der Waals surface area (Å²) in [7, 11) is 0. The Balaban J connectivity index is 2.41. The van der Waals surface area contributed by atoms with Crippen LogP contribution in [0.1, 0.15) is 5.56 Å². The van der Waals surface area contributed by atoms with Crippen LogP contribution in [-0.2, 0) is 6.61 Å². The van der Waals surface area contributed by atoms with E-state index in [0.29, 0.717) is 0 Å².